The second-order valence-electron chi connectivity index (χ2n) is 9.71. The van der Waals surface area contributed by atoms with Crippen molar-refractivity contribution in [3.63, 3.8) is 0 Å². The molecule has 184 valence electrons. The third-order valence-corrected chi connectivity index (χ3v) is 5.36. The second-order valence-corrected chi connectivity index (χ2v) is 9.71. The summed E-state index contributed by atoms with van der Waals surface area (Å²) < 4.78 is 22.1. The molecule has 0 saturated heterocycles. The van der Waals surface area contributed by atoms with Crippen LogP contribution in [0.2, 0.25) is 0 Å². The number of hydrogen-bond acceptors (Lipinski definition) is 4. The summed E-state index contributed by atoms with van der Waals surface area (Å²) in [6.07, 6.45) is 0.382. The minimum atomic E-state index is -0.528. The fourth-order valence-electron chi connectivity index (χ4n) is 3.89. The highest BCUT2D eigenvalue weighted by molar-refractivity contribution is 5.92. The number of nitrogens with one attached hydrogen (secondary N) is 1. The van der Waals surface area contributed by atoms with E-state index in [4.69, 9.17) is 4.74 Å². The lowest BCUT2D eigenvalue weighted by atomic mass is 9.92. The largest absolute Gasteiger partial charge is 0.407 e. The molecule has 6 nitrogen and oxygen atoms in total. The van der Waals surface area contributed by atoms with Gasteiger partial charge in [0.05, 0.1) is 11.3 Å². The Labute approximate surface area is 209 Å². The molecule has 4 aromatic rings. The van der Waals surface area contributed by atoms with Gasteiger partial charge >= 0.3 is 5.97 Å². The van der Waals surface area contributed by atoms with Crippen LogP contribution in [0.15, 0.2) is 78.9 Å². The molecule has 0 aliphatic rings. The monoisotopic (exact) mass is 485 g/mol. The highest BCUT2D eigenvalue weighted by Gasteiger charge is 2.26. The Morgan fingerprint density at radius 3 is 2.19 bits per heavy atom. The predicted octanol–water partition coefficient (Wildman–Crippen LogP) is 6.65. The Hall–Kier alpha value is -4.26. The van der Waals surface area contributed by atoms with Gasteiger partial charge in [0, 0.05) is 24.6 Å². The summed E-state index contributed by atoms with van der Waals surface area (Å²) in [7, 11) is 0. The lowest BCUT2D eigenvalue weighted by molar-refractivity contribution is -0.132. The molecule has 4 rings (SSSR count). The number of esters is 1. The van der Waals surface area contributed by atoms with Crippen LogP contribution in [0.5, 0.6) is 5.88 Å². The zero-order valence-corrected chi connectivity index (χ0v) is 20.7. The molecular formula is C29H28FN3O3. The van der Waals surface area contributed by atoms with Gasteiger partial charge in [-0.05, 0) is 47.4 Å². The van der Waals surface area contributed by atoms with Crippen LogP contribution in [0.25, 0.3) is 28.1 Å². The van der Waals surface area contributed by atoms with Gasteiger partial charge < -0.3 is 10.1 Å². The van der Waals surface area contributed by atoms with Crippen molar-refractivity contribution in [2.45, 2.75) is 34.1 Å². The van der Waals surface area contributed by atoms with Gasteiger partial charge in [0.2, 0.25) is 11.8 Å². The SMILES string of the molecule is CC(=O)Oc1c(-c2ccc(NC(=O)CC(C)(C)C)cc2)c(-c2ccccc2F)nn1-c1ccccc1. The zero-order valence-electron chi connectivity index (χ0n) is 20.7. The van der Waals surface area contributed by atoms with Crippen LogP contribution in [-0.4, -0.2) is 21.7 Å². The first-order valence-corrected chi connectivity index (χ1v) is 11.6. The molecule has 0 aliphatic carbocycles. The highest BCUT2D eigenvalue weighted by Crippen LogP contribution is 2.41. The van der Waals surface area contributed by atoms with E-state index in [1.54, 1.807) is 42.5 Å². The van der Waals surface area contributed by atoms with E-state index < -0.39 is 11.8 Å². The van der Waals surface area contributed by atoms with Gasteiger partial charge in [-0.15, -0.1) is 0 Å². The Morgan fingerprint density at radius 1 is 0.944 bits per heavy atom. The Morgan fingerprint density at radius 2 is 1.58 bits per heavy atom. The van der Waals surface area contributed by atoms with Crippen molar-refractivity contribution in [3.8, 4) is 34.0 Å². The molecule has 1 aromatic heterocycles. The number of ether oxygens (including phenoxy) is 1. The van der Waals surface area contributed by atoms with E-state index in [0.717, 1.165) is 0 Å². The first kappa shape index (κ1) is 24.9. The summed E-state index contributed by atoms with van der Waals surface area (Å²) in [6.45, 7) is 7.31. The van der Waals surface area contributed by atoms with Crippen LogP contribution < -0.4 is 10.1 Å². The molecule has 1 amide bonds. The van der Waals surface area contributed by atoms with E-state index in [-0.39, 0.29) is 22.8 Å². The molecule has 0 aliphatic heterocycles. The highest BCUT2D eigenvalue weighted by atomic mass is 19.1. The molecule has 0 bridgehead atoms. The molecule has 1 heterocycles. The third kappa shape index (κ3) is 5.68. The number of benzene rings is 3. The van der Waals surface area contributed by atoms with Gasteiger partial charge in [-0.25, -0.2) is 4.39 Å². The van der Waals surface area contributed by atoms with E-state index in [2.05, 4.69) is 10.4 Å². The number of nitrogens with zero attached hydrogens (tertiary/aromatic N) is 2. The molecule has 0 atom stereocenters. The van der Waals surface area contributed by atoms with Crippen LogP contribution in [0.1, 0.15) is 34.1 Å². The molecule has 0 fully saturated rings. The van der Waals surface area contributed by atoms with Crippen molar-refractivity contribution in [1.29, 1.82) is 0 Å². The van der Waals surface area contributed by atoms with Crippen LogP contribution in [0.3, 0.4) is 0 Å². The number of aromatic nitrogens is 2. The molecule has 0 saturated carbocycles. The van der Waals surface area contributed by atoms with Crippen molar-refractivity contribution in [1.82, 2.24) is 9.78 Å². The summed E-state index contributed by atoms with van der Waals surface area (Å²) in [5, 5.41) is 7.59. The van der Waals surface area contributed by atoms with Gasteiger partial charge in [0.25, 0.3) is 0 Å². The first-order valence-electron chi connectivity index (χ1n) is 11.6. The summed E-state index contributed by atoms with van der Waals surface area (Å²) in [6, 6.07) is 22.6. The maximum Gasteiger partial charge on any atom is 0.309 e. The van der Waals surface area contributed by atoms with Gasteiger partial charge in [0.15, 0.2) is 0 Å². The normalized spacial score (nSPS) is 11.2. The van der Waals surface area contributed by atoms with Crippen LogP contribution in [-0.2, 0) is 9.59 Å². The van der Waals surface area contributed by atoms with Gasteiger partial charge in [0.1, 0.15) is 11.5 Å². The molecule has 1 N–H and O–H groups in total. The minimum absolute atomic E-state index is 0.0835. The van der Waals surface area contributed by atoms with Crippen molar-refractivity contribution in [3.05, 3.63) is 84.7 Å². The number of para-hydroxylation sites is 1. The fraction of sp³-hybridized carbons (Fsp3) is 0.207. The number of rotatable bonds is 6. The number of anilines is 1. The third-order valence-electron chi connectivity index (χ3n) is 5.36. The van der Waals surface area contributed by atoms with E-state index in [1.807, 2.05) is 51.1 Å². The lowest BCUT2D eigenvalue weighted by Gasteiger charge is -2.17. The Bertz CT molecular complexity index is 1390. The lowest BCUT2D eigenvalue weighted by Crippen LogP contribution is -2.19. The molecular weight excluding hydrogens is 457 g/mol. The predicted molar refractivity (Wildman–Crippen MR) is 138 cm³/mol. The molecule has 3 aromatic carbocycles. The summed E-state index contributed by atoms with van der Waals surface area (Å²) >= 11 is 0. The molecule has 7 heteroatoms. The molecule has 0 unspecified atom stereocenters. The smallest absolute Gasteiger partial charge is 0.309 e. The van der Waals surface area contributed by atoms with Crippen LogP contribution in [0.4, 0.5) is 10.1 Å². The summed E-state index contributed by atoms with van der Waals surface area (Å²) in [5.74, 6) is -0.882. The van der Waals surface area contributed by atoms with E-state index in [0.29, 0.717) is 34.6 Å². The van der Waals surface area contributed by atoms with Crippen LogP contribution >= 0.6 is 0 Å². The molecule has 36 heavy (non-hydrogen) atoms. The standard InChI is InChI=1S/C29H28FN3O3/c1-19(34)36-28-26(20-14-16-21(17-15-20)31-25(35)18-29(2,3)4)27(23-12-8-9-13-24(23)30)32-33(28)22-10-6-5-7-11-22/h5-17H,18H2,1-4H3,(H,31,35). The Kier molecular flexibility index (Phi) is 7.01. The Balaban J connectivity index is 1.85. The van der Waals surface area contributed by atoms with Gasteiger partial charge in [-0.3, -0.25) is 9.59 Å². The first-order chi connectivity index (χ1) is 17.1. The minimum Gasteiger partial charge on any atom is -0.407 e. The average molecular weight is 486 g/mol. The maximum absolute atomic E-state index is 14.9. The second kappa shape index (κ2) is 10.2. The number of carbonyl (C=O) groups is 2. The topological polar surface area (TPSA) is 73.2 Å². The van der Waals surface area contributed by atoms with E-state index in [1.165, 1.54) is 17.7 Å². The molecule has 0 radical (unpaired) electrons. The van der Waals surface area contributed by atoms with Crippen molar-refractivity contribution in [2.75, 3.05) is 5.32 Å². The quantitative estimate of drug-likeness (QED) is 0.311. The zero-order chi connectivity index (χ0) is 25.9. The average Bonchev–Trinajstić information content (AvgIpc) is 3.17. The van der Waals surface area contributed by atoms with Gasteiger partial charge in [-0.2, -0.15) is 9.78 Å². The van der Waals surface area contributed by atoms with Crippen molar-refractivity contribution < 1.29 is 18.7 Å². The van der Waals surface area contributed by atoms with Gasteiger partial charge in [-0.1, -0.05) is 63.2 Å². The number of amides is 1. The van der Waals surface area contributed by atoms with Crippen LogP contribution in [0, 0.1) is 11.2 Å². The van der Waals surface area contributed by atoms with E-state index >= 15 is 0 Å². The summed E-state index contributed by atoms with van der Waals surface area (Å²) in [4.78, 5) is 24.5. The fourth-order valence-corrected chi connectivity index (χ4v) is 3.89. The number of halogens is 1. The number of carbonyl (C=O) groups excluding carboxylic acids is 2. The summed E-state index contributed by atoms with van der Waals surface area (Å²) in [5.41, 5.74) is 2.88. The van der Waals surface area contributed by atoms with Crippen molar-refractivity contribution in [2.24, 2.45) is 5.41 Å². The maximum atomic E-state index is 14.9. The van der Waals surface area contributed by atoms with E-state index in [9.17, 15) is 14.0 Å². The van der Waals surface area contributed by atoms with Crippen molar-refractivity contribution >= 4 is 17.6 Å². The molecule has 0 spiro atoms. The number of hydrogen-bond donors (Lipinski definition) is 1.